The van der Waals surface area contributed by atoms with Crippen molar-refractivity contribution in [3.8, 4) is 0 Å². The summed E-state index contributed by atoms with van der Waals surface area (Å²) < 4.78 is 0. The van der Waals surface area contributed by atoms with E-state index in [0.29, 0.717) is 25.1 Å². The molecule has 0 bridgehead atoms. The highest BCUT2D eigenvalue weighted by Crippen LogP contribution is 2.28. The van der Waals surface area contributed by atoms with Crippen LogP contribution >= 0.6 is 0 Å². The van der Waals surface area contributed by atoms with Gasteiger partial charge in [-0.15, -0.1) is 0 Å². The van der Waals surface area contributed by atoms with E-state index in [1.165, 1.54) is 6.07 Å². The summed E-state index contributed by atoms with van der Waals surface area (Å²) in [7, 11) is 0. The number of nitro groups is 1. The molecule has 0 unspecified atom stereocenters. The fourth-order valence-electron chi connectivity index (χ4n) is 1.79. The lowest BCUT2D eigenvalue weighted by atomic mass is 9.97. The first kappa shape index (κ1) is 14.4. The molecule has 0 fully saturated rings. The summed E-state index contributed by atoms with van der Waals surface area (Å²) in [6.07, 6.45) is 1.21. The molecule has 0 saturated carbocycles. The van der Waals surface area contributed by atoms with E-state index in [4.69, 9.17) is 0 Å². The Balaban J connectivity index is 2.94. The first-order valence-corrected chi connectivity index (χ1v) is 6.13. The second-order valence-corrected chi connectivity index (χ2v) is 4.51. The minimum Gasteiger partial charge on any atom is -0.388 e. The Morgan fingerprint density at radius 1 is 1.39 bits per heavy atom. The Bertz CT molecular complexity index is 428. The minimum absolute atomic E-state index is 0.0459. The molecule has 0 aliphatic carbocycles. The molecule has 5 nitrogen and oxygen atoms in total. The maximum atomic E-state index is 10.9. The second kappa shape index (κ2) is 5.82. The highest BCUT2D eigenvalue weighted by atomic mass is 16.6. The molecular weight excluding hydrogens is 232 g/mol. The van der Waals surface area contributed by atoms with Crippen molar-refractivity contribution in [3.05, 3.63) is 33.9 Å². The summed E-state index contributed by atoms with van der Waals surface area (Å²) in [6, 6.07) is 4.93. The van der Waals surface area contributed by atoms with Crippen molar-refractivity contribution in [3.63, 3.8) is 0 Å². The summed E-state index contributed by atoms with van der Waals surface area (Å²) in [4.78, 5) is 10.5. The zero-order valence-electron chi connectivity index (χ0n) is 11.1. The quantitative estimate of drug-likeness (QED) is 0.603. The molecular formula is C13H20N2O3. The number of benzene rings is 1. The maximum Gasteiger partial charge on any atom is 0.292 e. The topological polar surface area (TPSA) is 75.4 Å². The normalized spacial score (nSPS) is 11.3. The van der Waals surface area contributed by atoms with E-state index < -0.39 is 10.5 Å². The van der Waals surface area contributed by atoms with E-state index >= 15 is 0 Å². The van der Waals surface area contributed by atoms with E-state index in [1.807, 2.05) is 26.8 Å². The number of nitrogens with one attached hydrogen (secondary N) is 1. The second-order valence-electron chi connectivity index (χ2n) is 4.51. The van der Waals surface area contributed by atoms with E-state index in [1.54, 1.807) is 6.07 Å². The molecule has 100 valence electrons. The van der Waals surface area contributed by atoms with Gasteiger partial charge < -0.3 is 10.4 Å². The van der Waals surface area contributed by atoms with Crippen LogP contribution in [0.3, 0.4) is 0 Å². The fraction of sp³-hybridized carbons (Fsp3) is 0.538. The van der Waals surface area contributed by atoms with Crippen LogP contribution in [0.1, 0.15) is 32.3 Å². The number of hydrogen-bond donors (Lipinski definition) is 2. The van der Waals surface area contributed by atoms with Crippen LogP contribution in [-0.2, 0) is 0 Å². The molecule has 0 heterocycles. The van der Waals surface area contributed by atoms with Gasteiger partial charge in [-0.05, 0) is 25.3 Å². The summed E-state index contributed by atoms with van der Waals surface area (Å²) in [5, 5.41) is 24.1. The number of rotatable bonds is 6. The van der Waals surface area contributed by atoms with E-state index in [0.717, 1.165) is 5.56 Å². The average Bonchev–Trinajstić information content (AvgIpc) is 2.36. The molecule has 1 rings (SSSR count). The van der Waals surface area contributed by atoms with Crippen LogP contribution in [0.4, 0.5) is 11.4 Å². The third kappa shape index (κ3) is 3.20. The van der Waals surface area contributed by atoms with Gasteiger partial charge in [0.1, 0.15) is 5.69 Å². The Labute approximate surface area is 107 Å². The Hall–Kier alpha value is -1.62. The van der Waals surface area contributed by atoms with Gasteiger partial charge >= 0.3 is 0 Å². The van der Waals surface area contributed by atoms with Gasteiger partial charge in [0.2, 0.25) is 0 Å². The molecule has 18 heavy (non-hydrogen) atoms. The van der Waals surface area contributed by atoms with Crippen LogP contribution in [0.5, 0.6) is 0 Å². The SMILES string of the molecule is CCC(O)(CC)CNc1c(C)cccc1[N+](=O)[O-]. The molecule has 0 aliphatic rings. The van der Waals surface area contributed by atoms with Crippen LogP contribution in [0.25, 0.3) is 0 Å². The van der Waals surface area contributed by atoms with Crippen LogP contribution in [0.2, 0.25) is 0 Å². The number of hydrogen-bond acceptors (Lipinski definition) is 4. The number of nitrogens with zero attached hydrogens (tertiary/aromatic N) is 1. The molecule has 0 aliphatic heterocycles. The average molecular weight is 252 g/mol. The number of aliphatic hydroxyl groups is 1. The molecule has 0 amide bonds. The zero-order valence-corrected chi connectivity index (χ0v) is 11.1. The van der Waals surface area contributed by atoms with Gasteiger partial charge in [-0.3, -0.25) is 10.1 Å². The zero-order chi connectivity index (χ0) is 13.8. The summed E-state index contributed by atoms with van der Waals surface area (Å²) in [5.74, 6) is 0. The summed E-state index contributed by atoms with van der Waals surface area (Å²) in [5.41, 5.74) is 0.516. The lowest BCUT2D eigenvalue weighted by Crippen LogP contribution is -2.35. The van der Waals surface area contributed by atoms with Crippen molar-refractivity contribution in [1.29, 1.82) is 0 Å². The van der Waals surface area contributed by atoms with Crippen LogP contribution in [0.15, 0.2) is 18.2 Å². The molecule has 5 heteroatoms. The predicted molar refractivity (Wildman–Crippen MR) is 71.9 cm³/mol. The third-order valence-electron chi connectivity index (χ3n) is 3.36. The Morgan fingerprint density at radius 3 is 2.50 bits per heavy atom. The molecule has 0 spiro atoms. The van der Waals surface area contributed by atoms with Crippen LogP contribution in [-0.4, -0.2) is 22.2 Å². The molecule has 0 atom stereocenters. The van der Waals surface area contributed by atoms with Crippen molar-refractivity contribution >= 4 is 11.4 Å². The van der Waals surface area contributed by atoms with Gasteiger partial charge in [-0.1, -0.05) is 26.0 Å². The minimum atomic E-state index is -0.823. The lowest BCUT2D eigenvalue weighted by Gasteiger charge is -2.26. The fourth-order valence-corrected chi connectivity index (χ4v) is 1.79. The summed E-state index contributed by atoms with van der Waals surface area (Å²) >= 11 is 0. The maximum absolute atomic E-state index is 10.9. The standard InChI is InChI=1S/C13H20N2O3/c1-4-13(16,5-2)9-14-12-10(3)7-6-8-11(12)15(17)18/h6-8,14,16H,4-5,9H2,1-3H3. The van der Waals surface area contributed by atoms with Gasteiger partial charge in [-0.2, -0.15) is 0 Å². The number of aryl methyl sites for hydroxylation is 1. The first-order valence-electron chi connectivity index (χ1n) is 6.13. The van der Waals surface area contributed by atoms with E-state index in [-0.39, 0.29) is 5.69 Å². The van der Waals surface area contributed by atoms with Crippen molar-refractivity contribution in [2.45, 2.75) is 39.2 Å². The smallest absolute Gasteiger partial charge is 0.292 e. The van der Waals surface area contributed by atoms with Gasteiger partial charge in [0.05, 0.1) is 10.5 Å². The molecule has 0 radical (unpaired) electrons. The summed E-state index contributed by atoms with van der Waals surface area (Å²) in [6.45, 7) is 5.92. The number of anilines is 1. The highest BCUT2D eigenvalue weighted by Gasteiger charge is 2.24. The first-order chi connectivity index (χ1) is 8.43. The van der Waals surface area contributed by atoms with Gasteiger partial charge in [0.15, 0.2) is 0 Å². The molecule has 1 aromatic rings. The Kier molecular flexibility index (Phi) is 4.67. The van der Waals surface area contributed by atoms with E-state index in [9.17, 15) is 15.2 Å². The monoisotopic (exact) mass is 252 g/mol. The van der Waals surface area contributed by atoms with Crippen molar-refractivity contribution in [2.24, 2.45) is 0 Å². The molecule has 2 N–H and O–H groups in total. The lowest BCUT2D eigenvalue weighted by molar-refractivity contribution is -0.384. The highest BCUT2D eigenvalue weighted by molar-refractivity contribution is 5.66. The van der Waals surface area contributed by atoms with Crippen LogP contribution < -0.4 is 5.32 Å². The van der Waals surface area contributed by atoms with Crippen molar-refractivity contribution in [1.82, 2.24) is 0 Å². The molecule has 1 aromatic carbocycles. The van der Waals surface area contributed by atoms with Crippen LogP contribution in [0, 0.1) is 17.0 Å². The van der Waals surface area contributed by atoms with Crippen molar-refractivity contribution < 1.29 is 10.0 Å². The van der Waals surface area contributed by atoms with Gasteiger partial charge in [-0.25, -0.2) is 0 Å². The van der Waals surface area contributed by atoms with Gasteiger partial charge in [0.25, 0.3) is 5.69 Å². The molecule has 0 aromatic heterocycles. The molecule has 0 saturated heterocycles. The van der Waals surface area contributed by atoms with Crippen molar-refractivity contribution in [2.75, 3.05) is 11.9 Å². The largest absolute Gasteiger partial charge is 0.388 e. The number of para-hydroxylation sites is 1. The third-order valence-corrected chi connectivity index (χ3v) is 3.36. The number of nitro benzene ring substituents is 1. The Morgan fingerprint density at radius 2 is 2.00 bits per heavy atom. The van der Waals surface area contributed by atoms with Gasteiger partial charge in [0, 0.05) is 12.6 Å². The van der Waals surface area contributed by atoms with E-state index in [2.05, 4.69) is 5.32 Å². The predicted octanol–water partition coefficient (Wildman–Crippen LogP) is 2.87.